The average molecular weight is 403 g/mol. The van der Waals surface area contributed by atoms with Gasteiger partial charge in [0.1, 0.15) is 17.2 Å². The number of thioether (sulfide) groups is 1. The molecule has 0 aromatic heterocycles. The molecule has 0 bridgehead atoms. The van der Waals surface area contributed by atoms with Crippen molar-refractivity contribution in [3.63, 3.8) is 0 Å². The summed E-state index contributed by atoms with van der Waals surface area (Å²) in [5.74, 6) is 1.21. The number of ether oxygens (including phenoxy) is 2. The van der Waals surface area contributed by atoms with E-state index in [0.717, 1.165) is 17.7 Å². The fourth-order valence-electron chi connectivity index (χ4n) is 2.37. The lowest BCUT2D eigenvalue weighted by Crippen LogP contribution is -2.19. The normalized spacial score (nSPS) is 16.6. The van der Waals surface area contributed by atoms with Gasteiger partial charge in [0.15, 0.2) is 5.17 Å². The Hall–Kier alpha value is -2.44. The lowest BCUT2D eigenvalue weighted by atomic mass is 10.2. The second kappa shape index (κ2) is 8.97. The quantitative estimate of drug-likeness (QED) is 0.688. The van der Waals surface area contributed by atoms with Crippen LogP contribution in [0.5, 0.6) is 11.5 Å². The summed E-state index contributed by atoms with van der Waals surface area (Å²) >= 11 is 7.30. The molecule has 0 unspecified atom stereocenters. The Morgan fingerprint density at radius 1 is 1.22 bits per heavy atom. The van der Waals surface area contributed by atoms with Crippen LogP contribution in [-0.2, 0) is 4.79 Å². The molecule has 0 spiro atoms. The molecule has 0 aliphatic carbocycles. The Kier molecular flexibility index (Phi) is 6.42. The molecule has 1 saturated heterocycles. The zero-order valence-electron chi connectivity index (χ0n) is 15.0. The van der Waals surface area contributed by atoms with E-state index in [1.807, 2.05) is 30.3 Å². The number of amidine groups is 1. The number of methoxy groups -OCH3 is 1. The molecule has 1 aliphatic rings. The van der Waals surface area contributed by atoms with E-state index in [1.54, 1.807) is 25.3 Å². The van der Waals surface area contributed by atoms with Crippen LogP contribution in [-0.4, -0.2) is 24.8 Å². The van der Waals surface area contributed by atoms with Gasteiger partial charge in [-0.1, -0.05) is 30.7 Å². The van der Waals surface area contributed by atoms with Crippen LogP contribution in [0, 0.1) is 0 Å². The van der Waals surface area contributed by atoms with Crippen LogP contribution in [0.25, 0.3) is 6.08 Å². The molecule has 0 radical (unpaired) electrons. The van der Waals surface area contributed by atoms with Gasteiger partial charge in [-0.3, -0.25) is 4.79 Å². The monoisotopic (exact) mass is 402 g/mol. The van der Waals surface area contributed by atoms with E-state index in [0.29, 0.717) is 33.1 Å². The maximum atomic E-state index is 12.2. The van der Waals surface area contributed by atoms with Gasteiger partial charge in [0, 0.05) is 5.02 Å². The summed E-state index contributed by atoms with van der Waals surface area (Å²) < 4.78 is 10.9. The van der Waals surface area contributed by atoms with Gasteiger partial charge in [-0.25, -0.2) is 4.99 Å². The summed E-state index contributed by atoms with van der Waals surface area (Å²) in [6.45, 7) is 2.75. The maximum absolute atomic E-state index is 12.2. The van der Waals surface area contributed by atoms with E-state index < -0.39 is 0 Å². The minimum atomic E-state index is -0.189. The molecule has 0 saturated carbocycles. The van der Waals surface area contributed by atoms with Crippen LogP contribution in [0.15, 0.2) is 52.4 Å². The molecule has 27 heavy (non-hydrogen) atoms. The number of hydrogen-bond acceptors (Lipinski definition) is 5. The first-order valence-electron chi connectivity index (χ1n) is 8.45. The summed E-state index contributed by atoms with van der Waals surface area (Å²) in [7, 11) is 1.56. The summed E-state index contributed by atoms with van der Waals surface area (Å²) in [4.78, 5) is 17.3. The van der Waals surface area contributed by atoms with Crippen molar-refractivity contribution < 1.29 is 14.3 Å². The molecule has 0 atom stereocenters. The van der Waals surface area contributed by atoms with Crippen molar-refractivity contribution >= 4 is 46.2 Å². The number of halogens is 1. The van der Waals surface area contributed by atoms with Crippen molar-refractivity contribution in [1.29, 1.82) is 0 Å². The molecule has 1 amide bonds. The molecule has 2 aromatic rings. The number of benzene rings is 2. The summed E-state index contributed by atoms with van der Waals surface area (Å²) in [5, 5.41) is 3.79. The van der Waals surface area contributed by atoms with Crippen LogP contribution in [0.2, 0.25) is 5.02 Å². The summed E-state index contributed by atoms with van der Waals surface area (Å²) in [5.41, 5.74) is 1.48. The Balaban J connectivity index is 1.77. The molecule has 140 valence electrons. The van der Waals surface area contributed by atoms with Gasteiger partial charge >= 0.3 is 0 Å². The average Bonchev–Trinajstić information content (AvgIpc) is 3.00. The standard InChI is InChI=1S/C20H19ClN2O3S/c1-3-10-26-15-7-4-13(5-8-15)11-18-19(24)23-20(27-18)22-16-12-14(21)6-9-17(16)25-2/h4-9,11-12H,3,10H2,1-2H3,(H,22,23,24)/b18-11-. The molecule has 2 aromatic carbocycles. The smallest absolute Gasteiger partial charge is 0.264 e. The second-order valence-corrected chi connectivity index (χ2v) is 7.18. The van der Waals surface area contributed by atoms with Crippen molar-refractivity contribution in [2.24, 2.45) is 4.99 Å². The van der Waals surface area contributed by atoms with Gasteiger partial charge in [-0.2, -0.15) is 0 Å². The number of nitrogens with zero attached hydrogens (tertiary/aromatic N) is 1. The molecular weight excluding hydrogens is 384 g/mol. The summed E-state index contributed by atoms with van der Waals surface area (Å²) in [6, 6.07) is 12.8. The minimum Gasteiger partial charge on any atom is -0.494 e. The number of amides is 1. The third kappa shape index (κ3) is 5.05. The number of rotatable bonds is 6. The number of aliphatic imine (C=N–C) groups is 1. The third-order valence-corrected chi connectivity index (χ3v) is 4.81. The first kappa shape index (κ1) is 19.3. The van der Waals surface area contributed by atoms with E-state index in [4.69, 9.17) is 21.1 Å². The van der Waals surface area contributed by atoms with Crippen LogP contribution in [0.1, 0.15) is 18.9 Å². The van der Waals surface area contributed by atoms with Crippen molar-refractivity contribution in [2.75, 3.05) is 13.7 Å². The SMILES string of the molecule is CCCOc1ccc(/C=C2\SC(=Nc3cc(Cl)ccc3OC)NC2=O)cc1. The van der Waals surface area contributed by atoms with Gasteiger partial charge in [-0.05, 0) is 60.2 Å². The Morgan fingerprint density at radius 3 is 2.70 bits per heavy atom. The highest BCUT2D eigenvalue weighted by Gasteiger charge is 2.24. The number of carbonyl (C=O) groups excluding carboxylic acids is 1. The first-order chi connectivity index (χ1) is 13.1. The summed E-state index contributed by atoms with van der Waals surface area (Å²) in [6.07, 6.45) is 2.78. The molecular formula is C20H19ClN2O3S. The van der Waals surface area contributed by atoms with Crippen molar-refractivity contribution in [1.82, 2.24) is 5.32 Å². The van der Waals surface area contributed by atoms with E-state index in [2.05, 4.69) is 17.2 Å². The fraction of sp³-hybridized carbons (Fsp3) is 0.200. The highest BCUT2D eigenvalue weighted by molar-refractivity contribution is 8.18. The molecule has 1 heterocycles. The fourth-order valence-corrected chi connectivity index (χ4v) is 3.37. The molecule has 1 fully saturated rings. The highest BCUT2D eigenvalue weighted by atomic mass is 35.5. The van der Waals surface area contributed by atoms with Gasteiger partial charge in [0.05, 0.1) is 18.6 Å². The van der Waals surface area contributed by atoms with E-state index in [1.165, 1.54) is 11.8 Å². The Bertz CT molecular complexity index is 895. The minimum absolute atomic E-state index is 0.189. The number of carbonyl (C=O) groups is 1. The van der Waals surface area contributed by atoms with Crippen molar-refractivity contribution in [2.45, 2.75) is 13.3 Å². The van der Waals surface area contributed by atoms with Gasteiger partial charge in [-0.15, -0.1) is 0 Å². The molecule has 3 rings (SSSR count). The van der Waals surface area contributed by atoms with Crippen LogP contribution in [0.4, 0.5) is 5.69 Å². The van der Waals surface area contributed by atoms with E-state index in [9.17, 15) is 4.79 Å². The van der Waals surface area contributed by atoms with Crippen molar-refractivity contribution in [3.8, 4) is 11.5 Å². The van der Waals surface area contributed by atoms with Crippen LogP contribution < -0.4 is 14.8 Å². The first-order valence-corrected chi connectivity index (χ1v) is 9.64. The number of hydrogen-bond donors (Lipinski definition) is 1. The van der Waals surface area contributed by atoms with Gasteiger partial charge in [0.2, 0.25) is 0 Å². The molecule has 1 N–H and O–H groups in total. The predicted molar refractivity (Wildman–Crippen MR) is 111 cm³/mol. The van der Waals surface area contributed by atoms with E-state index in [-0.39, 0.29) is 5.91 Å². The highest BCUT2D eigenvalue weighted by Crippen LogP contribution is 2.34. The Morgan fingerprint density at radius 2 is 2.00 bits per heavy atom. The molecule has 1 aliphatic heterocycles. The molecule has 5 nitrogen and oxygen atoms in total. The molecule has 7 heteroatoms. The van der Waals surface area contributed by atoms with Crippen LogP contribution in [0.3, 0.4) is 0 Å². The maximum Gasteiger partial charge on any atom is 0.264 e. The second-order valence-electron chi connectivity index (χ2n) is 5.72. The third-order valence-electron chi connectivity index (χ3n) is 3.66. The topological polar surface area (TPSA) is 59.9 Å². The zero-order valence-corrected chi connectivity index (χ0v) is 16.6. The van der Waals surface area contributed by atoms with Crippen molar-refractivity contribution in [3.05, 3.63) is 58.0 Å². The lowest BCUT2D eigenvalue weighted by molar-refractivity contribution is -0.115. The number of nitrogens with one attached hydrogen (secondary N) is 1. The zero-order chi connectivity index (χ0) is 19.2. The van der Waals surface area contributed by atoms with Gasteiger partial charge in [0.25, 0.3) is 5.91 Å². The largest absolute Gasteiger partial charge is 0.494 e. The van der Waals surface area contributed by atoms with Gasteiger partial charge < -0.3 is 14.8 Å². The predicted octanol–water partition coefficient (Wildman–Crippen LogP) is 5.03. The van der Waals surface area contributed by atoms with Crippen LogP contribution >= 0.6 is 23.4 Å². The van der Waals surface area contributed by atoms with E-state index >= 15 is 0 Å². The Labute approximate surface area is 167 Å². The lowest BCUT2D eigenvalue weighted by Gasteiger charge is -2.05.